The lowest BCUT2D eigenvalue weighted by Crippen LogP contribution is -2.30. The highest BCUT2D eigenvalue weighted by molar-refractivity contribution is 4.62. The Balaban J connectivity index is 3.24. The highest BCUT2D eigenvalue weighted by atomic mass is 14.9. The molecule has 0 heterocycles. The Bertz CT molecular complexity index is 113. The van der Waals surface area contributed by atoms with Crippen LogP contribution in [0.1, 0.15) is 40.0 Å². The average Bonchev–Trinajstić information content (AvgIpc) is 2.15. The number of nitrogens with one attached hydrogen (secondary N) is 2. The number of hydrogen-bond acceptors (Lipinski definition) is 2. The van der Waals surface area contributed by atoms with Crippen LogP contribution in [0.5, 0.6) is 0 Å². The summed E-state index contributed by atoms with van der Waals surface area (Å²) in [7, 11) is 2.03. The van der Waals surface area contributed by atoms with E-state index < -0.39 is 0 Å². The van der Waals surface area contributed by atoms with Crippen molar-refractivity contribution >= 4 is 0 Å². The molecule has 2 N–H and O–H groups in total. The van der Waals surface area contributed by atoms with Gasteiger partial charge in [-0.1, -0.05) is 27.2 Å². The lowest BCUT2D eigenvalue weighted by molar-refractivity contribution is 0.434. The third-order valence-corrected chi connectivity index (χ3v) is 2.64. The van der Waals surface area contributed by atoms with E-state index in [0.29, 0.717) is 0 Å². The van der Waals surface area contributed by atoms with Gasteiger partial charge >= 0.3 is 0 Å². The van der Waals surface area contributed by atoms with E-state index >= 15 is 0 Å². The van der Waals surface area contributed by atoms with Crippen molar-refractivity contribution < 1.29 is 0 Å². The third kappa shape index (κ3) is 8.52. The molecule has 0 aromatic carbocycles. The summed E-state index contributed by atoms with van der Waals surface area (Å²) in [5.41, 5.74) is 0. The summed E-state index contributed by atoms with van der Waals surface area (Å²) in [5, 5.41) is 6.77. The Kier molecular flexibility index (Phi) is 9.42. The minimum atomic E-state index is 0.791. The van der Waals surface area contributed by atoms with Gasteiger partial charge in [0.25, 0.3) is 0 Å². The molecule has 0 amide bonds. The highest BCUT2D eigenvalue weighted by Gasteiger charge is 2.03. The fourth-order valence-electron chi connectivity index (χ4n) is 1.59. The van der Waals surface area contributed by atoms with Crippen LogP contribution in [0.15, 0.2) is 0 Å². The molecule has 0 aromatic rings. The molecule has 14 heavy (non-hydrogen) atoms. The maximum absolute atomic E-state index is 3.54. The first-order valence-electron chi connectivity index (χ1n) is 6.06. The van der Waals surface area contributed by atoms with E-state index in [1.54, 1.807) is 0 Å². The zero-order valence-corrected chi connectivity index (χ0v) is 10.4. The Labute approximate surface area is 89.9 Å². The van der Waals surface area contributed by atoms with E-state index in [2.05, 4.69) is 31.4 Å². The molecule has 0 radical (unpaired) electrons. The maximum Gasteiger partial charge on any atom is -0.000849 e. The molecule has 1 unspecified atom stereocenters. The topological polar surface area (TPSA) is 24.1 Å². The molecule has 0 aliphatic heterocycles. The zero-order chi connectivity index (χ0) is 10.8. The fourth-order valence-corrected chi connectivity index (χ4v) is 1.59. The van der Waals surface area contributed by atoms with E-state index in [-0.39, 0.29) is 0 Å². The van der Waals surface area contributed by atoms with Crippen LogP contribution in [0.3, 0.4) is 0 Å². The molecule has 2 heteroatoms. The molecule has 1 atom stereocenters. The average molecular weight is 200 g/mol. The highest BCUT2D eigenvalue weighted by Crippen LogP contribution is 2.02. The largest absolute Gasteiger partial charge is 0.319 e. The summed E-state index contributed by atoms with van der Waals surface area (Å²) in [5.74, 6) is 1.63. The molecule has 2 nitrogen and oxygen atoms in total. The van der Waals surface area contributed by atoms with Crippen molar-refractivity contribution in [3.63, 3.8) is 0 Å². The number of hydrogen-bond donors (Lipinski definition) is 2. The molecule has 0 aromatic heterocycles. The van der Waals surface area contributed by atoms with Crippen LogP contribution in [0.25, 0.3) is 0 Å². The molecular weight excluding hydrogens is 172 g/mol. The van der Waals surface area contributed by atoms with Gasteiger partial charge in [-0.25, -0.2) is 0 Å². The molecule has 0 fully saturated rings. The van der Waals surface area contributed by atoms with Gasteiger partial charge in [0.15, 0.2) is 0 Å². The molecular formula is C12H28N2. The van der Waals surface area contributed by atoms with Gasteiger partial charge < -0.3 is 10.6 Å². The van der Waals surface area contributed by atoms with Crippen molar-refractivity contribution in [2.75, 3.05) is 26.7 Å². The van der Waals surface area contributed by atoms with Crippen LogP contribution in [0.2, 0.25) is 0 Å². The second-order valence-electron chi connectivity index (χ2n) is 4.57. The Hall–Kier alpha value is -0.0800. The van der Waals surface area contributed by atoms with Gasteiger partial charge in [0.05, 0.1) is 0 Å². The predicted octanol–water partition coefficient (Wildman–Crippen LogP) is 2.26. The molecule has 0 aliphatic carbocycles. The lowest BCUT2D eigenvalue weighted by Gasteiger charge is -2.15. The van der Waals surface area contributed by atoms with Crippen molar-refractivity contribution in [2.24, 2.45) is 11.8 Å². The molecule has 0 bridgehead atoms. The Morgan fingerprint density at radius 3 is 2.36 bits per heavy atom. The summed E-state index contributed by atoms with van der Waals surface area (Å²) in [6.45, 7) is 10.3. The second kappa shape index (κ2) is 9.47. The molecule has 0 aliphatic rings. The van der Waals surface area contributed by atoms with Crippen LogP contribution >= 0.6 is 0 Å². The van der Waals surface area contributed by atoms with Gasteiger partial charge in [-0.15, -0.1) is 0 Å². The first kappa shape index (κ1) is 13.9. The van der Waals surface area contributed by atoms with Gasteiger partial charge in [-0.05, 0) is 51.4 Å². The van der Waals surface area contributed by atoms with E-state index in [1.807, 2.05) is 7.05 Å². The van der Waals surface area contributed by atoms with Crippen LogP contribution < -0.4 is 10.6 Å². The van der Waals surface area contributed by atoms with Crippen LogP contribution in [-0.2, 0) is 0 Å². The van der Waals surface area contributed by atoms with Crippen LogP contribution in [0.4, 0.5) is 0 Å². The van der Waals surface area contributed by atoms with E-state index in [4.69, 9.17) is 0 Å². The van der Waals surface area contributed by atoms with Crippen molar-refractivity contribution in [3.05, 3.63) is 0 Å². The van der Waals surface area contributed by atoms with Gasteiger partial charge in [0.1, 0.15) is 0 Å². The SMILES string of the molecule is CCC(CNC)CNCCCC(C)C. The van der Waals surface area contributed by atoms with E-state index in [1.165, 1.54) is 25.8 Å². The molecule has 0 spiro atoms. The monoisotopic (exact) mass is 200 g/mol. The lowest BCUT2D eigenvalue weighted by atomic mass is 10.1. The third-order valence-electron chi connectivity index (χ3n) is 2.64. The number of rotatable bonds is 9. The first-order chi connectivity index (χ1) is 6.70. The molecule has 86 valence electrons. The summed E-state index contributed by atoms with van der Waals surface area (Å²) >= 11 is 0. The minimum Gasteiger partial charge on any atom is -0.319 e. The second-order valence-corrected chi connectivity index (χ2v) is 4.57. The Morgan fingerprint density at radius 2 is 1.86 bits per heavy atom. The summed E-state index contributed by atoms with van der Waals surface area (Å²) in [6, 6.07) is 0. The maximum atomic E-state index is 3.54. The molecule has 0 rings (SSSR count). The smallest absolute Gasteiger partial charge is 0.000849 e. The summed E-state index contributed by atoms with van der Waals surface area (Å²) in [6.07, 6.45) is 3.92. The summed E-state index contributed by atoms with van der Waals surface area (Å²) in [4.78, 5) is 0. The van der Waals surface area contributed by atoms with Gasteiger partial charge in [0.2, 0.25) is 0 Å². The Morgan fingerprint density at radius 1 is 1.14 bits per heavy atom. The standard InChI is InChI=1S/C12H28N2/c1-5-12(9-13-4)10-14-8-6-7-11(2)3/h11-14H,5-10H2,1-4H3. The van der Waals surface area contributed by atoms with Gasteiger partial charge in [-0.2, -0.15) is 0 Å². The normalized spacial score (nSPS) is 13.5. The van der Waals surface area contributed by atoms with Crippen LogP contribution in [-0.4, -0.2) is 26.7 Å². The molecule has 0 saturated heterocycles. The fraction of sp³-hybridized carbons (Fsp3) is 1.00. The summed E-state index contributed by atoms with van der Waals surface area (Å²) < 4.78 is 0. The predicted molar refractivity (Wildman–Crippen MR) is 64.6 cm³/mol. The van der Waals surface area contributed by atoms with Crippen LogP contribution in [0, 0.1) is 11.8 Å². The van der Waals surface area contributed by atoms with Gasteiger partial charge in [0, 0.05) is 0 Å². The van der Waals surface area contributed by atoms with Crippen molar-refractivity contribution in [3.8, 4) is 0 Å². The van der Waals surface area contributed by atoms with Crippen molar-refractivity contribution in [1.82, 2.24) is 10.6 Å². The zero-order valence-electron chi connectivity index (χ0n) is 10.4. The quantitative estimate of drug-likeness (QED) is 0.558. The van der Waals surface area contributed by atoms with E-state index in [0.717, 1.165) is 24.9 Å². The van der Waals surface area contributed by atoms with E-state index in [9.17, 15) is 0 Å². The van der Waals surface area contributed by atoms with Gasteiger partial charge in [-0.3, -0.25) is 0 Å². The van der Waals surface area contributed by atoms with Crippen molar-refractivity contribution in [2.45, 2.75) is 40.0 Å². The first-order valence-corrected chi connectivity index (χ1v) is 6.06. The van der Waals surface area contributed by atoms with Crippen molar-refractivity contribution in [1.29, 1.82) is 0 Å². The molecule has 0 saturated carbocycles. The minimum absolute atomic E-state index is 0.791.